The van der Waals surface area contributed by atoms with E-state index in [1.807, 2.05) is 19.1 Å². The number of halogens is 1. The van der Waals surface area contributed by atoms with Crippen LogP contribution in [0.2, 0.25) is 0 Å². The van der Waals surface area contributed by atoms with Crippen LogP contribution in [0.5, 0.6) is 0 Å². The first-order valence-electron chi connectivity index (χ1n) is 11.0. The second-order valence-electron chi connectivity index (χ2n) is 8.68. The molecule has 4 aromatic rings. The average Bonchev–Trinajstić information content (AvgIpc) is 3.35. The van der Waals surface area contributed by atoms with Crippen LogP contribution in [0.25, 0.3) is 16.7 Å². The number of fused-ring (bicyclic) bond motifs is 2. The van der Waals surface area contributed by atoms with E-state index >= 15 is 0 Å². The molecule has 0 bridgehead atoms. The number of aromatic nitrogens is 5. The van der Waals surface area contributed by atoms with Gasteiger partial charge in [-0.1, -0.05) is 6.07 Å². The van der Waals surface area contributed by atoms with Crippen LogP contribution in [0, 0.1) is 18.7 Å². The highest BCUT2D eigenvalue weighted by molar-refractivity contribution is 5.91. The molecule has 9 heteroatoms. The quantitative estimate of drug-likeness (QED) is 0.448. The zero-order valence-corrected chi connectivity index (χ0v) is 18.1. The number of rotatable bonds is 4. The lowest BCUT2D eigenvalue weighted by Gasteiger charge is -2.55. The number of carbonyl (C=O) groups is 1. The van der Waals surface area contributed by atoms with Crippen molar-refractivity contribution in [2.75, 3.05) is 29.4 Å². The van der Waals surface area contributed by atoms with Crippen LogP contribution in [0.1, 0.15) is 22.3 Å². The van der Waals surface area contributed by atoms with E-state index in [4.69, 9.17) is 4.98 Å². The van der Waals surface area contributed by atoms with E-state index in [1.54, 1.807) is 24.7 Å². The first-order valence-corrected chi connectivity index (χ1v) is 11.0. The van der Waals surface area contributed by atoms with Crippen LogP contribution in [0.15, 0.2) is 48.9 Å². The van der Waals surface area contributed by atoms with Gasteiger partial charge in [-0.2, -0.15) is 15.0 Å². The lowest BCUT2D eigenvalue weighted by molar-refractivity contribution is 0.112. The van der Waals surface area contributed by atoms with Crippen molar-refractivity contribution in [1.82, 2.24) is 25.0 Å². The molecule has 2 saturated heterocycles. The first-order chi connectivity index (χ1) is 16.1. The molecule has 0 aliphatic carbocycles. The molecule has 2 aliphatic rings. The van der Waals surface area contributed by atoms with E-state index in [1.165, 1.54) is 16.9 Å². The van der Waals surface area contributed by atoms with Crippen molar-refractivity contribution in [1.29, 1.82) is 0 Å². The number of benzene rings is 2. The topological polar surface area (TPSA) is 80.0 Å². The fourth-order valence-electron chi connectivity index (χ4n) is 5.11. The molecule has 6 rings (SSSR count). The summed E-state index contributed by atoms with van der Waals surface area (Å²) in [6, 6.07) is 8.65. The van der Waals surface area contributed by atoms with Gasteiger partial charge in [0.05, 0.1) is 52.6 Å². The number of hydrogen-bond donors (Lipinski definition) is 0. The maximum atomic E-state index is 13.5. The Morgan fingerprint density at radius 2 is 1.94 bits per heavy atom. The zero-order chi connectivity index (χ0) is 22.5. The predicted octanol–water partition coefficient (Wildman–Crippen LogP) is 3.19. The molecular weight excluding hydrogens is 421 g/mol. The van der Waals surface area contributed by atoms with Gasteiger partial charge in [0.15, 0.2) is 6.29 Å². The third-order valence-corrected chi connectivity index (χ3v) is 6.80. The zero-order valence-electron chi connectivity index (χ0n) is 18.1. The molecule has 0 N–H and O–H groups in total. The third kappa shape index (κ3) is 3.23. The molecule has 0 spiro atoms. The van der Waals surface area contributed by atoms with Crippen LogP contribution >= 0.6 is 0 Å². The molecule has 0 unspecified atom stereocenters. The van der Waals surface area contributed by atoms with Crippen LogP contribution in [0.4, 0.5) is 15.9 Å². The minimum absolute atomic E-state index is 0.266. The average molecular weight is 443 g/mol. The fourth-order valence-corrected chi connectivity index (χ4v) is 5.11. The van der Waals surface area contributed by atoms with Crippen LogP contribution in [-0.4, -0.2) is 56.9 Å². The van der Waals surface area contributed by atoms with Crippen molar-refractivity contribution in [2.24, 2.45) is 5.92 Å². The van der Waals surface area contributed by atoms with Crippen LogP contribution in [-0.2, 0) is 0 Å². The van der Waals surface area contributed by atoms with Gasteiger partial charge in [0.1, 0.15) is 11.6 Å². The maximum absolute atomic E-state index is 13.5. The number of hydrogen-bond acceptors (Lipinski definition) is 7. The van der Waals surface area contributed by atoms with Crippen LogP contribution in [0.3, 0.4) is 0 Å². The molecule has 2 aromatic carbocycles. The summed E-state index contributed by atoms with van der Waals surface area (Å²) in [4.78, 5) is 27.4. The summed E-state index contributed by atoms with van der Waals surface area (Å²) in [6.45, 7) is 4.63. The number of piperidine rings is 1. The Hall–Kier alpha value is -3.88. The van der Waals surface area contributed by atoms with Crippen molar-refractivity contribution in [2.45, 2.75) is 19.4 Å². The van der Waals surface area contributed by atoms with Crippen molar-refractivity contribution >= 4 is 28.8 Å². The summed E-state index contributed by atoms with van der Waals surface area (Å²) >= 11 is 0. The number of anilines is 2. The van der Waals surface area contributed by atoms with Crippen molar-refractivity contribution in [3.8, 4) is 5.69 Å². The molecule has 2 atom stereocenters. The van der Waals surface area contributed by atoms with Gasteiger partial charge in [-0.05, 0) is 37.1 Å². The molecule has 166 valence electrons. The van der Waals surface area contributed by atoms with E-state index in [9.17, 15) is 9.18 Å². The standard InChI is InChI=1S/C24H22FN7O/c1-15-2-5-21(32-27-7-8-28-32)18(14-33)24(15)31-12-16-6-9-30(13-22(16)31)23-11-26-20-10-17(25)3-4-19(20)29-23/h2-5,7-8,10-11,14,16,22H,6,9,12-13H2,1H3/t16-,22-/m1/s1. The molecule has 0 saturated carbocycles. The number of aryl methyl sites for hydroxylation is 1. The highest BCUT2D eigenvalue weighted by Gasteiger charge is 2.44. The minimum atomic E-state index is -0.315. The summed E-state index contributed by atoms with van der Waals surface area (Å²) < 4.78 is 13.5. The molecule has 8 nitrogen and oxygen atoms in total. The van der Waals surface area contributed by atoms with Gasteiger partial charge in [0.25, 0.3) is 0 Å². The van der Waals surface area contributed by atoms with Crippen molar-refractivity contribution < 1.29 is 9.18 Å². The summed E-state index contributed by atoms with van der Waals surface area (Å²) in [5.41, 5.74) is 4.52. The lowest BCUT2D eigenvalue weighted by Crippen LogP contribution is -2.65. The Bertz CT molecular complexity index is 1360. The molecule has 2 aliphatic heterocycles. The molecule has 0 radical (unpaired) electrons. The van der Waals surface area contributed by atoms with E-state index in [2.05, 4.69) is 25.0 Å². The van der Waals surface area contributed by atoms with Gasteiger partial charge in [0, 0.05) is 31.6 Å². The molecule has 4 heterocycles. The summed E-state index contributed by atoms with van der Waals surface area (Å²) in [5, 5.41) is 8.43. The van der Waals surface area contributed by atoms with Crippen LogP contribution < -0.4 is 9.80 Å². The SMILES string of the molecule is Cc1ccc(-n2nccn2)c(C=O)c1N1C[C@H]2CCN(c3cnc4cc(F)ccc4n3)C[C@H]21. The Kier molecular flexibility index (Phi) is 4.56. The van der Waals surface area contributed by atoms with Crippen molar-refractivity contribution in [3.05, 3.63) is 65.9 Å². The normalized spacial score (nSPS) is 19.9. The van der Waals surface area contributed by atoms with E-state index in [0.717, 1.165) is 49.4 Å². The second kappa shape index (κ2) is 7.61. The highest BCUT2D eigenvalue weighted by Crippen LogP contribution is 2.41. The fraction of sp³-hybridized carbons (Fsp3) is 0.292. The van der Waals surface area contributed by atoms with E-state index in [0.29, 0.717) is 28.2 Å². The molecular formula is C24H22FN7O. The van der Waals surface area contributed by atoms with Gasteiger partial charge < -0.3 is 9.80 Å². The lowest BCUT2D eigenvalue weighted by atomic mass is 9.81. The van der Waals surface area contributed by atoms with Crippen molar-refractivity contribution in [3.63, 3.8) is 0 Å². The highest BCUT2D eigenvalue weighted by atomic mass is 19.1. The van der Waals surface area contributed by atoms with E-state index < -0.39 is 0 Å². The Morgan fingerprint density at radius 1 is 1.09 bits per heavy atom. The summed E-state index contributed by atoms with van der Waals surface area (Å²) in [5.74, 6) is 1.04. The van der Waals surface area contributed by atoms with Gasteiger partial charge in [-0.15, -0.1) is 0 Å². The third-order valence-electron chi connectivity index (χ3n) is 6.80. The largest absolute Gasteiger partial charge is 0.365 e. The van der Waals surface area contributed by atoms with Gasteiger partial charge >= 0.3 is 0 Å². The molecule has 0 amide bonds. The molecule has 33 heavy (non-hydrogen) atoms. The summed E-state index contributed by atoms with van der Waals surface area (Å²) in [7, 11) is 0. The van der Waals surface area contributed by atoms with Gasteiger partial charge in [0.2, 0.25) is 0 Å². The predicted molar refractivity (Wildman–Crippen MR) is 122 cm³/mol. The molecule has 2 aromatic heterocycles. The maximum Gasteiger partial charge on any atom is 0.154 e. The second-order valence-corrected chi connectivity index (χ2v) is 8.68. The Morgan fingerprint density at radius 3 is 2.76 bits per heavy atom. The Labute approximate surface area is 189 Å². The first kappa shape index (κ1) is 19.8. The smallest absolute Gasteiger partial charge is 0.154 e. The van der Waals surface area contributed by atoms with Gasteiger partial charge in [-0.25, -0.2) is 9.37 Å². The number of carbonyl (C=O) groups excluding carboxylic acids is 1. The monoisotopic (exact) mass is 443 g/mol. The minimum Gasteiger partial charge on any atom is -0.365 e. The molecule has 2 fully saturated rings. The summed E-state index contributed by atoms with van der Waals surface area (Å²) in [6.07, 6.45) is 6.87. The number of aldehydes is 1. The Balaban J connectivity index is 1.32. The van der Waals surface area contributed by atoms with Gasteiger partial charge in [-0.3, -0.25) is 9.78 Å². The number of nitrogens with zero attached hydrogens (tertiary/aromatic N) is 7. The van der Waals surface area contributed by atoms with E-state index in [-0.39, 0.29) is 11.9 Å².